The molecule has 1 N–H and O–H groups in total. The monoisotopic (exact) mass is 476 g/mol. The summed E-state index contributed by atoms with van der Waals surface area (Å²) in [6.07, 6.45) is 4.84. The van der Waals surface area contributed by atoms with Gasteiger partial charge in [-0.15, -0.1) is 0 Å². The van der Waals surface area contributed by atoms with E-state index in [1.54, 1.807) is 17.2 Å². The normalized spacial score (nSPS) is 20.0. The Morgan fingerprint density at radius 2 is 1.79 bits per heavy atom. The molecule has 1 aromatic carbocycles. The van der Waals surface area contributed by atoms with Crippen molar-refractivity contribution in [2.75, 3.05) is 44.2 Å². The molecule has 2 aliphatic rings. The molecule has 0 bridgehead atoms. The van der Waals surface area contributed by atoms with Crippen LogP contribution in [0.15, 0.2) is 41.9 Å². The maximum Gasteiger partial charge on any atom is 0.276 e. The van der Waals surface area contributed by atoms with Crippen LogP contribution < -0.4 is 4.90 Å². The third kappa shape index (κ3) is 3.93. The first kappa shape index (κ1) is 21.7. The third-order valence-electron chi connectivity index (χ3n) is 6.25. The van der Waals surface area contributed by atoms with Crippen LogP contribution in [-0.2, 0) is 14.8 Å². The summed E-state index contributed by atoms with van der Waals surface area (Å²) in [7, 11) is -3.74. The summed E-state index contributed by atoms with van der Waals surface area (Å²) in [5.74, 6) is -2.34. The molecule has 174 valence electrons. The number of rotatable bonds is 4. The number of H-pyrrole nitrogens is 1. The van der Waals surface area contributed by atoms with E-state index in [2.05, 4.69) is 15.0 Å². The second-order valence-corrected chi connectivity index (χ2v) is 10.0. The van der Waals surface area contributed by atoms with Gasteiger partial charge in [0.2, 0.25) is 11.1 Å². The maximum atomic E-state index is 13.8. The van der Waals surface area contributed by atoms with Gasteiger partial charge in [-0.1, -0.05) is 0 Å². The largest absolute Gasteiger partial charge is 0.367 e. The third-order valence-corrected chi connectivity index (χ3v) is 7.97. The van der Waals surface area contributed by atoms with Crippen LogP contribution in [0, 0.1) is 17.6 Å². The summed E-state index contributed by atoms with van der Waals surface area (Å²) in [5, 5.41) is 0.399. The predicted molar refractivity (Wildman–Crippen MR) is 116 cm³/mol. The molecule has 3 aromatic rings. The predicted octanol–water partition coefficient (Wildman–Crippen LogP) is 1.60. The lowest BCUT2D eigenvalue weighted by molar-refractivity contribution is -0.135. The number of amides is 1. The number of nitrogens with one attached hydrogen (secondary N) is 1. The fourth-order valence-corrected chi connectivity index (χ4v) is 5.87. The van der Waals surface area contributed by atoms with Gasteiger partial charge in [0.05, 0.1) is 11.4 Å². The fraction of sp³-hybridized carbons (Fsp3) is 0.381. The zero-order chi connectivity index (χ0) is 23.2. The van der Waals surface area contributed by atoms with Gasteiger partial charge in [-0.25, -0.2) is 22.2 Å². The van der Waals surface area contributed by atoms with Crippen LogP contribution in [0.3, 0.4) is 0 Å². The van der Waals surface area contributed by atoms with E-state index in [0.717, 1.165) is 17.8 Å². The van der Waals surface area contributed by atoms with Crippen LogP contribution in [0.2, 0.25) is 0 Å². The quantitative estimate of drug-likeness (QED) is 0.614. The summed E-state index contributed by atoms with van der Waals surface area (Å²) < 4.78 is 54.0. The van der Waals surface area contributed by atoms with Gasteiger partial charge in [0.1, 0.15) is 0 Å². The summed E-state index contributed by atoms with van der Waals surface area (Å²) in [6.45, 7) is 2.34. The molecule has 0 saturated carbocycles. The Balaban J connectivity index is 1.24. The van der Waals surface area contributed by atoms with Crippen LogP contribution in [0.25, 0.3) is 10.9 Å². The summed E-state index contributed by atoms with van der Waals surface area (Å²) >= 11 is 0. The van der Waals surface area contributed by atoms with Crippen molar-refractivity contribution < 1.29 is 22.0 Å². The number of halogens is 2. The van der Waals surface area contributed by atoms with Gasteiger partial charge in [0.15, 0.2) is 11.6 Å². The van der Waals surface area contributed by atoms with E-state index in [1.807, 2.05) is 4.90 Å². The van der Waals surface area contributed by atoms with E-state index in [1.165, 1.54) is 16.7 Å². The van der Waals surface area contributed by atoms with Crippen molar-refractivity contribution >= 4 is 32.5 Å². The molecule has 2 fully saturated rings. The van der Waals surface area contributed by atoms with Gasteiger partial charge >= 0.3 is 0 Å². The number of aromatic nitrogens is 3. The van der Waals surface area contributed by atoms with E-state index in [9.17, 15) is 22.0 Å². The topological polar surface area (TPSA) is 102 Å². The number of hydrogen-bond acceptors (Lipinski definition) is 6. The van der Waals surface area contributed by atoms with Gasteiger partial charge in [-0.2, -0.15) is 4.31 Å². The van der Waals surface area contributed by atoms with Gasteiger partial charge in [-0.05, 0) is 18.6 Å². The van der Waals surface area contributed by atoms with Crippen molar-refractivity contribution in [2.45, 2.75) is 11.6 Å². The fourth-order valence-electron chi connectivity index (χ4n) is 4.49. The average molecular weight is 477 g/mol. The lowest BCUT2D eigenvalue weighted by Crippen LogP contribution is -2.50. The average Bonchev–Trinajstić information content (AvgIpc) is 3.52. The molecule has 0 aliphatic carbocycles. The minimum absolute atomic E-state index is 0.0699. The van der Waals surface area contributed by atoms with Crippen LogP contribution in [0.4, 0.5) is 14.5 Å². The van der Waals surface area contributed by atoms with Crippen molar-refractivity contribution in [1.29, 1.82) is 0 Å². The molecular formula is C21H22F2N6O3S. The number of piperazine rings is 1. The Labute approximate surface area is 189 Å². The van der Waals surface area contributed by atoms with E-state index >= 15 is 0 Å². The number of imidazole rings is 1. The molecule has 2 aliphatic heterocycles. The standard InChI is InChI=1S/C21H22F2N6O3S/c22-16-11-15-18(12-17(16)23)24-3-1-19(15)27-7-9-28(10-8-27)20(30)14-2-6-29(13-14)33(31,32)21-25-4-5-26-21/h1,3-5,11-12,14H,2,6-10,13H2,(H,25,26). The molecule has 0 radical (unpaired) electrons. The highest BCUT2D eigenvalue weighted by Gasteiger charge is 2.39. The Bertz CT molecular complexity index is 1290. The highest BCUT2D eigenvalue weighted by Crippen LogP contribution is 2.29. The Kier molecular flexibility index (Phi) is 5.49. The summed E-state index contributed by atoms with van der Waals surface area (Å²) in [4.78, 5) is 27.4. The van der Waals surface area contributed by atoms with E-state index < -0.39 is 27.6 Å². The minimum atomic E-state index is -3.74. The number of pyridine rings is 1. The molecular weight excluding hydrogens is 454 g/mol. The Hall–Kier alpha value is -3.12. The lowest BCUT2D eigenvalue weighted by Gasteiger charge is -2.37. The molecule has 1 amide bonds. The van der Waals surface area contributed by atoms with E-state index in [-0.39, 0.29) is 24.2 Å². The summed E-state index contributed by atoms with van der Waals surface area (Å²) in [6, 6.07) is 3.99. The van der Waals surface area contributed by atoms with Crippen LogP contribution >= 0.6 is 0 Å². The molecule has 0 spiro atoms. The first-order chi connectivity index (χ1) is 15.8. The molecule has 12 heteroatoms. The van der Waals surface area contributed by atoms with Gasteiger partial charge < -0.3 is 14.8 Å². The highest BCUT2D eigenvalue weighted by atomic mass is 32.2. The Morgan fingerprint density at radius 3 is 2.52 bits per heavy atom. The number of carbonyl (C=O) groups is 1. The molecule has 33 heavy (non-hydrogen) atoms. The van der Waals surface area contributed by atoms with Crippen molar-refractivity contribution in [1.82, 2.24) is 24.2 Å². The lowest BCUT2D eigenvalue weighted by atomic mass is 10.1. The molecule has 4 heterocycles. The van der Waals surface area contributed by atoms with Crippen molar-refractivity contribution in [3.8, 4) is 0 Å². The zero-order valence-corrected chi connectivity index (χ0v) is 18.4. The number of nitrogens with zero attached hydrogens (tertiary/aromatic N) is 5. The summed E-state index contributed by atoms with van der Waals surface area (Å²) in [5.41, 5.74) is 1.11. The van der Waals surface area contributed by atoms with Gasteiger partial charge in [0.25, 0.3) is 10.0 Å². The molecule has 5 rings (SSSR count). The molecule has 1 unspecified atom stereocenters. The molecule has 2 aromatic heterocycles. The van der Waals surface area contributed by atoms with Crippen molar-refractivity contribution in [3.05, 3.63) is 48.4 Å². The molecule has 1 atom stereocenters. The van der Waals surface area contributed by atoms with Crippen molar-refractivity contribution in [2.24, 2.45) is 5.92 Å². The number of hydrogen-bond donors (Lipinski definition) is 1. The first-order valence-electron chi connectivity index (χ1n) is 10.6. The van der Waals surface area contributed by atoms with E-state index in [0.29, 0.717) is 43.5 Å². The smallest absolute Gasteiger partial charge is 0.276 e. The van der Waals surface area contributed by atoms with Crippen LogP contribution in [0.1, 0.15) is 6.42 Å². The van der Waals surface area contributed by atoms with Crippen molar-refractivity contribution in [3.63, 3.8) is 0 Å². The Morgan fingerprint density at radius 1 is 1.03 bits per heavy atom. The first-order valence-corrected chi connectivity index (χ1v) is 12.1. The number of benzene rings is 1. The van der Waals surface area contributed by atoms with Crippen LogP contribution in [-0.4, -0.2) is 77.8 Å². The van der Waals surface area contributed by atoms with Gasteiger partial charge in [-0.3, -0.25) is 9.78 Å². The van der Waals surface area contributed by atoms with E-state index in [4.69, 9.17) is 0 Å². The zero-order valence-electron chi connectivity index (χ0n) is 17.6. The van der Waals surface area contributed by atoms with Gasteiger partial charge in [0, 0.05) is 75.0 Å². The number of carbonyl (C=O) groups excluding carboxylic acids is 1. The molecule has 2 saturated heterocycles. The van der Waals surface area contributed by atoms with Crippen LogP contribution in [0.5, 0.6) is 0 Å². The number of aromatic amines is 1. The maximum absolute atomic E-state index is 13.8. The second-order valence-electron chi connectivity index (χ2n) is 8.17. The SMILES string of the molecule is O=C(C1CCN(S(=O)(=O)c2ncc[nH]2)C1)N1CCN(c2ccnc3cc(F)c(F)cc23)CC1. The number of anilines is 1. The molecule has 9 nitrogen and oxygen atoms in total. The second kappa shape index (κ2) is 8.34. The highest BCUT2D eigenvalue weighted by molar-refractivity contribution is 7.89. The number of fused-ring (bicyclic) bond motifs is 1. The number of sulfonamides is 1. The minimum Gasteiger partial charge on any atom is -0.367 e.